The standard InChI is InChI=1S/C10H12F4N2O.ClH/c1-6(15-2)7-3-8(11)9(16-4-7)17-5-10(12,13)14;/h3-4,6,15H,5H2,1-2H3;1H. The first-order valence-corrected chi connectivity index (χ1v) is 4.85. The largest absolute Gasteiger partial charge is 0.466 e. The van der Waals surface area contributed by atoms with Gasteiger partial charge in [0.2, 0.25) is 0 Å². The minimum absolute atomic E-state index is 0. The fraction of sp³-hybridized carbons (Fsp3) is 0.500. The van der Waals surface area contributed by atoms with E-state index in [1.165, 1.54) is 6.20 Å². The molecule has 1 N–H and O–H groups in total. The highest BCUT2D eigenvalue weighted by atomic mass is 35.5. The number of ether oxygens (including phenoxy) is 1. The lowest BCUT2D eigenvalue weighted by molar-refractivity contribution is -0.154. The highest BCUT2D eigenvalue weighted by Gasteiger charge is 2.29. The highest BCUT2D eigenvalue weighted by molar-refractivity contribution is 5.85. The Labute approximate surface area is 108 Å². The number of alkyl halides is 3. The maximum atomic E-state index is 13.3. The molecule has 0 radical (unpaired) electrons. The van der Waals surface area contributed by atoms with Gasteiger partial charge in [-0.15, -0.1) is 12.4 Å². The van der Waals surface area contributed by atoms with Gasteiger partial charge in [0.1, 0.15) is 0 Å². The Morgan fingerprint density at radius 2 is 2.06 bits per heavy atom. The first-order valence-electron chi connectivity index (χ1n) is 4.85. The van der Waals surface area contributed by atoms with Crippen molar-refractivity contribution in [2.75, 3.05) is 13.7 Å². The first-order chi connectivity index (χ1) is 7.83. The molecule has 1 atom stereocenters. The van der Waals surface area contributed by atoms with Crippen LogP contribution in [0.2, 0.25) is 0 Å². The number of pyridine rings is 1. The Kier molecular flexibility index (Phi) is 6.34. The van der Waals surface area contributed by atoms with Crippen LogP contribution in [0, 0.1) is 5.82 Å². The van der Waals surface area contributed by atoms with Gasteiger partial charge < -0.3 is 10.1 Å². The van der Waals surface area contributed by atoms with Gasteiger partial charge >= 0.3 is 6.18 Å². The van der Waals surface area contributed by atoms with Crippen LogP contribution < -0.4 is 10.1 Å². The number of hydrogen-bond donors (Lipinski definition) is 1. The third kappa shape index (κ3) is 5.05. The van der Waals surface area contributed by atoms with Crippen LogP contribution >= 0.6 is 12.4 Å². The van der Waals surface area contributed by atoms with Crippen LogP contribution in [0.4, 0.5) is 17.6 Å². The zero-order valence-electron chi connectivity index (χ0n) is 9.71. The molecule has 0 aliphatic carbocycles. The van der Waals surface area contributed by atoms with Crippen LogP contribution in [-0.2, 0) is 0 Å². The van der Waals surface area contributed by atoms with Gasteiger partial charge in [-0.2, -0.15) is 13.2 Å². The molecule has 0 aliphatic heterocycles. The number of hydrogen-bond acceptors (Lipinski definition) is 3. The molecule has 0 aliphatic rings. The molecule has 1 unspecified atom stereocenters. The molecule has 0 amide bonds. The van der Waals surface area contributed by atoms with E-state index in [4.69, 9.17) is 0 Å². The van der Waals surface area contributed by atoms with Crippen molar-refractivity contribution in [3.8, 4) is 5.88 Å². The van der Waals surface area contributed by atoms with Crippen LogP contribution in [0.3, 0.4) is 0 Å². The van der Waals surface area contributed by atoms with E-state index in [9.17, 15) is 17.6 Å². The summed E-state index contributed by atoms with van der Waals surface area (Å²) in [5, 5.41) is 2.86. The molecule has 0 saturated heterocycles. The van der Waals surface area contributed by atoms with Crippen LogP contribution in [-0.4, -0.2) is 24.8 Å². The van der Waals surface area contributed by atoms with E-state index in [1.54, 1.807) is 14.0 Å². The van der Waals surface area contributed by atoms with Crippen molar-refractivity contribution >= 4 is 12.4 Å². The second-order valence-electron chi connectivity index (χ2n) is 3.47. The molecule has 0 fully saturated rings. The van der Waals surface area contributed by atoms with E-state index >= 15 is 0 Å². The van der Waals surface area contributed by atoms with Crippen molar-refractivity contribution in [1.29, 1.82) is 0 Å². The Bertz CT molecular complexity index is 387. The Balaban J connectivity index is 0.00000289. The van der Waals surface area contributed by atoms with Crippen LogP contribution in [0.5, 0.6) is 5.88 Å². The molecule has 1 heterocycles. The van der Waals surface area contributed by atoms with Crippen LogP contribution in [0.15, 0.2) is 12.3 Å². The predicted octanol–water partition coefficient (Wildman–Crippen LogP) is 2.86. The lowest BCUT2D eigenvalue weighted by Gasteiger charge is -2.12. The quantitative estimate of drug-likeness (QED) is 0.865. The van der Waals surface area contributed by atoms with E-state index in [2.05, 4.69) is 15.0 Å². The molecule has 1 aromatic heterocycles. The third-order valence-corrected chi connectivity index (χ3v) is 2.13. The number of nitrogens with zero attached hydrogens (tertiary/aromatic N) is 1. The van der Waals surface area contributed by atoms with E-state index < -0.39 is 24.5 Å². The van der Waals surface area contributed by atoms with E-state index in [0.29, 0.717) is 5.56 Å². The van der Waals surface area contributed by atoms with Gasteiger partial charge in [0.15, 0.2) is 12.4 Å². The van der Waals surface area contributed by atoms with Crippen molar-refractivity contribution in [2.24, 2.45) is 0 Å². The van der Waals surface area contributed by atoms with E-state index in [-0.39, 0.29) is 18.4 Å². The average Bonchev–Trinajstić information content (AvgIpc) is 2.25. The number of rotatable bonds is 4. The fourth-order valence-corrected chi connectivity index (χ4v) is 1.10. The molecule has 3 nitrogen and oxygen atoms in total. The molecular weight excluding hydrogens is 276 g/mol. The molecule has 0 saturated carbocycles. The average molecular weight is 289 g/mol. The summed E-state index contributed by atoms with van der Waals surface area (Å²) >= 11 is 0. The summed E-state index contributed by atoms with van der Waals surface area (Å²) < 4.78 is 53.1. The van der Waals surface area contributed by atoms with Gasteiger partial charge in [0.25, 0.3) is 5.88 Å². The second kappa shape index (κ2) is 6.75. The topological polar surface area (TPSA) is 34.2 Å². The molecule has 18 heavy (non-hydrogen) atoms. The molecule has 1 rings (SSSR count). The summed E-state index contributed by atoms with van der Waals surface area (Å²) in [4.78, 5) is 3.51. The van der Waals surface area contributed by atoms with Crippen molar-refractivity contribution in [3.63, 3.8) is 0 Å². The minimum Gasteiger partial charge on any atom is -0.466 e. The summed E-state index contributed by atoms with van der Waals surface area (Å²) in [7, 11) is 1.68. The Hall–Kier alpha value is -1.08. The molecule has 8 heteroatoms. The van der Waals surface area contributed by atoms with Gasteiger partial charge in [0.05, 0.1) is 0 Å². The van der Waals surface area contributed by atoms with Gasteiger partial charge in [0, 0.05) is 12.2 Å². The normalized spacial score (nSPS) is 12.8. The van der Waals surface area contributed by atoms with E-state index in [0.717, 1.165) is 6.07 Å². The summed E-state index contributed by atoms with van der Waals surface area (Å²) in [5.74, 6) is -1.55. The summed E-state index contributed by atoms with van der Waals surface area (Å²) in [6, 6.07) is 0.952. The Morgan fingerprint density at radius 1 is 1.44 bits per heavy atom. The first kappa shape index (κ1) is 16.9. The smallest absolute Gasteiger partial charge is 0.422 e. The van der Waals surface area contributed by atoms with Gasteiger partial charge in [-0.1, -0.05) is 0 Å². The molecular formula is C10H13ClF4N2O. The zero-order valence-corrected chi connectivity index (χ0v) is 10.5. The zero-order chi connectivity index (χ0) is 13.1. The van der Waals surface area contributed by atoms with Gasteiger partial charge in [-0.05, 0) is 25.6 Å². The maximum Gasteiger partial charge on any atom is 0.422 e. The monoisotopic (exact) mass is 288 g/mol. The summed E-state index contributed by atoms with van der Waals surface area (Å²) in [6.45, 7) is 0.213. The fourth-order valence-electron chi connectivity index (χ4n) is 1.10. The number of aromatic nitrogens is 1. The minimum atomic E-state index is -4.51. The van der Waals surface area contributed by atoms with Gasteiger partial charge in [-0.3, -0.25) is 0 Å². The van der Waals surface area contributed by atoms with Crippen molar-refractivity contribution < 1.29 is 22.3 Å². The van der Waals surface area contributed by atoms with Crippen molar-refractivity contribution in [2.45, 2.75) is 19.1 Å². The van der Waals surface area contributed by atoms with Crippen LogP contribution in [0.1, 0.15) is 18.5 Å². The predicted molar refractivity (Wildman–Crippen MR) is 60.5 cm³/mol. The lowest BCUT2D eigenvalue weighted by Crippen LogP contribution is -2.20. The van der Waals surface area contributed by atoms with Crippen molar-refractivity contribution in [1.82, 2.24) is 10.3 Å². The number of halogens is 5. The SMILES string of the molecule is CNC(C)c1cnc(OCC(F)(F)F)c(F)c1.Cl. The van der Waals surface area contributed by atoms with Gasteiger partial charge in [-0.25, -0.2) is 9.37 Å². The molecule has 0 bridgehead atoms. The van der Waals surface area contributed by atoms with E-state index in [1.807, 2.05) is 0 Å². The molecule has 1 aromatic rings. The maximum absolute atomic E-state index is 13.3. The summed E-state index contributed by atoms with van der Waals surface area (Å²) in [6.07, 6.45) is -3.24. The highest BCUT2D eigenvalue weighted by Crippen LogP contribution is 2.21. The lowest BCUT2D eigenvalue weighted by atomic mass is 10.1. The Morgan fingerprint density at radius 3 is 2.50 bits per heavy atom. The molecule has 0 spiro atoms. The van der Waals surface area contributed by atoms with Crippen LogP contribution in [0.25, 0.3) is 0 Å². The second-order valence-corrected chi connectivity index (χ2v) is 3.47. The third-order valence-electron chi connectivity index (χ3n) is 2.13. The molecule has 0 aromatic carbocycles. The van der Waals surface area contributed by atoms with Crippen molar-refractivity contribution in [3.05, 3.63) is 23.6 Å². The summed E-state index contributed by atoms with van der Waals surface area (Å²) in [5.41, 5.74) is 0.532. The molecule has 104 valence electrons. The number of nitrogens with one attached hydrogen (secondary N) is 1.